The summed E-state index contributed by atoms with van der Waals surface area (Å²) in [5, 5.41) is 7.31. The number of benzene rings is 1. The summed E-state index contributed by atoms with van der Waals surface area (Å²) < 4.78 is 5.67. The molecule has 1 fully saturated rings. The van der Waals surface area contributed by atoms with Crippen molar-refractivity contribution < 1.29 is 9.32 Å². The highest BCUT2D eigenvalue weighted by Gasteiger charge is 2.43. The summed E-state index contributed by atoms with van der Waals surface area (Å²) in [6.45, 7) is 5.04. The third kappa shape index (κ3) is 4.60. The van der Waals surface area contributed by atoms with Crippen molar-refractivity contribution >= 4 is 5.91 Å². The molecule has 1 aliphatic rings. The Balaban J connectivity index is 1.55. The van der Waals surface area contributed by atoms with Gasteiger partial charge in [-0.3, -0.25) is 14.7 Å². The predicted octanol–water partition coefficient (Wildman–Crippen LogP) is 3.70. The highest BCUT2D eigenvalue weighted by atomic mass is 16.5. The fourth-order valence-corrected chi connectivity index (χ4v) is 4.34. The molecule has 0 saturated carbocycles. The number of rotatable bonds is 7. The van der Waals surface area contributed by atoms with Crippen molar-refractivity contribution in [1.82, 2.24) is 20.4 Å². The zero-order valence-electron chi connectivity index (χ0n) is 17.4. The summed E-state index contributed by atoms with van der Waals surface area (Å²) in [7, 11) is 0. The van der Waals surface area contributed by atoms with Gasteiger partial charge in [0.05, 0.1) is 5.41 Å². The first-order valence-electron chi connectivity index (χ1n) is 10.6. The van der Waals surface area contributed by atoms with Crippen LogP contribution in [0, 0.1) is 5.41 Å². The third-order valence-corrected chi connectivity index (χ3v) is 5.75. The van der Waals surface area contributed by atoms with Crippen LogP contribution in [-0.4, -0.2) is 40.6 Å². The zero-order valence-corrected chi connectivity index (χ0v) is 17.4. The van der Waals surface area contributed by atoms with E-state index in [4.69, 9.17) is 4.52 Å². The van der Waals surface area contributed by atoms with Gasteiger partial charge in [0.25, 0.3) is 0 Å². The Kier molecular flexibility index (Phi) is 6.23. The molecule has 4 rings (SSSR count). The molecule has 1 atom stereocenters. The Morgan fingerprint density at radius 3 is 2.87 bits per heavy atom. The van der Waals surface area contributed by atoms with Crippen molar-refractivity contribution in [3.05, 3.63) is 72.2 Å². The summed E-state index contributed by atoms with van der Waals surface area (Å²) >= 11 is 0. The molecular weight excluding hydrogens is 376 g/mol. The smallest absolute Gasteiger partial charge is 0.227 e. The zero-order chi connectivity index (χ0) is 20.8. The number of hydrogen-bond acceptors (Lipinski definition) is 5. The van der Waals surface area contributed by atoms with Gasteiger partial charge in [0.15, 0.2) is 0 Å². The van der Waals surface area contributed by atoms with Crippen molar-refractivity contribution in [3.63, 3.8) is 0 Å². The summed E-state index contributed by atoms with van der Waals surface area (Å²) in [6.07, 6.45) is 6.03. The minimum absolute atomic E-state index is 0.0959. The Hall–Kier alpha value is -2.99. The number of aromatic nitrogens is 2. The molecule has 0 radical (unpaired) electrons. The van der Waals surface area contributed by atoms with E-state index in [0.29, 0.717) is 19.5 Å². The van der Waals surface area contributed by atoms with Crippen molar-refractivity contribution in [3.8, 4) is 11.3 Å². The molecule has 6 nitrogen and oxygen atoms in total. The van der Waals surface area contributed by atoms with Crippen LogP contribution >= 0.6 is 0 Å². The molecule has 1 unspecified atom stereocenters. The number of nitrogens with one attached hydrogen (secondary N) is 1. The molecule has 1 saturated heterocycles. The van der Waals surface area contributed by atoms with Crippen LogP contribution in [-0.2, 0) is 17.8 Å². The standard InChI is InChI=1S/C24H28N4O2/c1-2-26-23(29)24(11-7-13-28(18-24)17-19-8-6-12-25-16-19)15-21-14-22(27-30-21)20-9-4-3-5-10-20/h3-6,8-10,12,14,16H,2,7,11,13,15,17-18H2,1H3,(H,26,29). The maximum atomic E-state index is 13.2. The van der Waals surface area contributed by atoms with E-state index in [0.717, 1.165) is 48.5 Å². The molecule has 30 heavy (non-hydrogen) atoms. The van der Waals surface area contributed by atoms with E-state index in [1.165, 1.54) is 0 Å². The lowest BCUT2D eigenvalue weighted by Gasteiger charge is -2.41. The van der Waals surface area contributed by atoms with Crippen LogP contribution in [0.15, 0.2) is 65.4 Å². The monoisotopic (exact) mass is 404 g/mol. The largest absolute Gasteiger partial charge is 0.361 e. The second-order valence-corrected chi connectivity index (χ2v) is 8.04. The van der Waals surface area contributed by atoms with Gasteiger partial charge < -0.3 is 9.84 Å². The van der Waals surface area contributed by atoms with Crippen molar-refractivity contribution in [1.29, 1.82) is 0 Å². The molecule has 3 heterocycles. The lowest BCUT2D eigenvalue weighted by atomic mass is 9.75. The molecule has 1 amide bonds. The van der Waals surface area contributed by atoms with Crippen LogP contribution < -0.4 is 5.32 Å². The minimum atomic E-state index is -0.524. The summed E-state index contributed by atoms with van der Waals surface area (Å²) in [5.41, 5.74) is 2.46. The number of amides is 1. The van der Waals surface area contributed by atoms with E-state index in [2.05, 4.69) is 26.4 Å². The average Bonchev–Trinajstić information content (AvgIpc) is 3.24. The predicted molar refractivity (Wildman–Crippen MR) is 116 cm³/mol. The number of pyridine rings is 1. The lowest BCUT2D eigenvalue weighted by molar-refractivity contribution is -0.134. The molecule has 0 aliphatic carbocycles. The second kappa shape index (κ2) is 9.22. The van der Waals surface area contributed by atoms with Crippen molar-refractivity contribution in [2.75, 3.05) is 19.6 Å². The molecule has 1 N–H and O–H groups in total. The Morgan fingerprint density at radius 1 is 1.23 bits per heavy atom. The number of hydrogen-bond donors (Lipinski definition) is 1. The van der Waals surface area contributed by atoms with Crippen LogP contribution in [0.25, 0.3) is 11.3 Å². The molecule has 156 valence electrons. The topological polar surface area (TPSA) is 71.3 Å². The Labute approximate surface area is 177 Å². The maximum Gasteiger partial charge on any atom is 0.227 e. The van der Waals surface area contributed by atoms with E-state index in [1.807, 2.05) is 55.6 Å². The average molecular weight is 405 g/mol. The van der Waals surface area contributed by atoms with Crippen LogP contribution in [0.4, 0.5) is 0 Å². The van der Waals surface area contributed by atoms with E-state index >= 15 is 0 Å². The SMILES string of the molecule is CCNC(=O)C1(Cc2cc(-c3ccccc3)no2)CCCN(Cc2cccnc2)C1. The Morgan fingerprint density at radius 2 is 2.10 bits per heavy atom. The van der Waals surface area contributed by atoms with Gasteiger partial charge in [0.2, 0.25) is 5.91 Å². The van der Waals surface area contributed by atoms with Gasteiger partial charge in [0, 0.05) is 50.1 Å². The highest BCUT2D eigenvalue weighted by molar-refractivity contribution is 5.83. The van der Waals surface area contributed by atoms with Crippen LogP contribution in [0.3, 0.4) is 0 Å². The fraction of sp³-hybridized carbons (Fsp3) is 0.375. The van der Waals surface area contributed by atoms with E-state index in [-0.39, 0.29) is 5.91 Å². The molecule has 0 bridgehead atoms. The first-order chi connectivity index (χ1) is 14.7. The van der Waals surface area contributed by atoms with Gasteiger partial charge in [0.1, 0.15) is 11.5 Å². The van der Waals surface area contributed by atoms with Gasteiger partial charge in [-0.2, -0.15) is 0 Å². The minimum Gasteiger partial charge on any atom is -0.361 e. The number of likely N-dealkylation sites (tertiary alicyclic amines) is 1. The first-order valence-corrected chi connectivity index (χ1v) is 10.6. The lowest BCUT2D eigenvalue weighted by Crippen LogP contribution is -2.52. The molecule has 0 spiro atoms. The van der Waals surface area contributed by atoms with Crippen LogP contribution in [0.5, 0.6) is 0 Å². The third-order valence-electron chi connectivity index (χ3n) is 5.75. The summed E-state index contributed by atoms with van der Waals surface area (Å²) in [4.78, 5) is 19.8. The summed E-state index contributed by atoms with van der Waals surface area (Å²) in [5.74, 6) is 0.849. The Bertz CT molecular complexity index is 958. The number of carbonyl (C=O) groups excluding carboxylic acids is 1. The molecule has 1 aromatic carbocycles. The second-order valence-electron chi connectivity index (χ2n) is 8.04. The molecule has 1 aliphatic heterocycles. The van der Waals surface area contributed by atoms with E-state index in [9.17, 15) is 4.79 Å². The van der Waals surface area contributed by atoms with Gasteiger partial charge in [-0.25, -0.2) is 0 Å². The van der Waals surface area contributed by atoms with Gasteiger partial charge in [-0.05, 0) is 37.9 Å². The van der Waals surface area contributed by atoms with Crippen molar-refractivity contribution in [2.24, 2.45) is 5.41 Å². The molecule has 3 aromatic rings. The molecule has 2 aromatic heterocycles. The number of piperidine rings is 1. The van der Waals surface area contributed by atoms with Gasteiger partial charge in [-0.1, -0.05) is 41.6 Å². The number of nitrogens with zero attached hydrogens (tertiary/aromatic N) is 3. The highest BCUT2D eigenvalue weighted by Crippen LogP contribution is 2.35. The first kappa shape index (κ1) is 20.3. The van der Waals surface area contributed by atoms with Crippen molar-refractivity contribution in [2.45, 2.75) is 32.7 Å². The van der Waals surface area contributed by atoms with Crippen LogP contribution in [0.2, 0.25) is 0 Å². The van der Waals surface area contributed by atoms with Gasteiger partial charge in [-0.15, -0.1) is 0 Å². The fourth-order valence-electron chi connectivity index (χ4n) is 4.34. The number of carbonyl (C=O) groups is 1. The molecular formula is C24H28N4O2. The summed E-state index contributed by atoms with van der Waals surface area (Å²) in [6, 6.07) is 16.0. The normalized spacial score (nSPS) is 19.5. The van der Waals surface area contributed by atoms with Crippen LogP contribution in [0.1, 0.15) is 31.1 Å². The van der Waals surface area contributed by atoms with E-state index in [1.54, 1.807) is 6.20 Å². The van der Waals surface area contributed by atoms with E-state index < -0.39 is 5.41 Å². The maximum absolute atomic E-state index is 13.2. The molecule has 6 heteroatoms. The van der Waals surface area contributed by atoms with Gasteiger partial charge >= 0.3 is 0 Å². The quantitative estimate of drug-likeness (QED) is 0.650.